The van der Waals surface area contributed by atoms with Crippen LogP contribution >= 0.6 is 0 Å². The highest BCUT2D eigenvalue weighted by atomic mass is 16.7. The number of methoxy groups -OCH3 is 1. The van der Waals surface area contributed by atoms with Gasteiger partial charge in [-0.3, -0.25) is 9.59 Å². The lowest BCUT2D eigenvalue weighted by atomic mass is 10.1. The molecule has 1 heterocycles. The van der Waals surface area contributed by atoms with E-state index in [-0.39, 0.29) is 18.6 Å². The Kier molecular flexibility index (Phi) is 6.27. The van der Waals surface area contributed by atoms with Crippen LogP contribution in [0.25, 0.3) is 0 Å². The van der Waals surface area contributed by atoms with Gasteiger partial charge in [0.25, 0.3) is 5.91 Å². The van der Waals surface area contributed by atoms with Crippen LogP contribution in [-0.2, 0) is 16.0 Å². The standard InChI is InChI=1S/C20H22N2O5/c1-25-11-10-21-20(24)15-4-2-3-5-16(15)22-19(23)9-7-14-6-8-17-18(12-14)27-13-26-17/h2-6,8,12H,7,9-11,13H2,1H3,(H,21,24)(H,22,23). The molecule has 2 aromatic carbocycles. The fraction of sp³-hybridized carbons (Fsp3) is 0.300. The highest BCUT2D eigenvalue weighted by Gasteiger charge is 2.15. The van der Waals surface area contributed by atoms with Crippen LogP contribution < -0.4 is 20.1 Å². The van der Waals surface area contributed by atoms with E-state index in [1.165, 1.54) is 0 Å². The second-order valence-corrected chi connectivity index (χ2v) is 6.03. The van der Waals surface area contributed by atoms with E-state index < -0.39 is 0 Å². The number of hydrogen-bond acceptors (Lipinski definition) is 5. The molecule has 0 radical (unpaired) electrons. The van der Waals surface area contributed by atoms with Gasteiger partial charge in [-0.15, -0.1) is 0 Å². The number of benzene rings is 2. The molecule has 0 fully saturated rings. The van der Waals surface area contributed by atoms with Crippen LogP contribution in [0.5, 0.6) is 11.5 Å². The van der Waals surface area contributed by atoms with Crippen LogP contribution in [0, 0.1) is 0 Å². The Balaban J connectivity index is 1.57. The second-order valence-electron chi connectivity index (χ2n) is 6.03. The summed E-state index contributed by atoms with van der Waals surface area (Å²) in [7, 11) is 1.57. The number of rotatable bonds is 8. The summed E-state index contributed by atoms with van der Waals surface area (Å²) in [6.45, 7) is 1.06. The highest BCUT2D eigenvalue weighted by Crippen LogP contribution is 2.32. The molecule has 7 heteroatoms. The molecule has 27 heavy (non-hydrogen) atoms. The summed E-state index contributed by atoms with van der Waals surface area (Å²) < 4.78 is 15.6. The summed E-state index contributed by atoms with van der Waals surface area (Å²) in [6.07, 6.45) is 0.851. The number of nitrogens with one attached hydrogen (secondary N) is 2. The molecule has 0 saturated heterocycles. The smallest absolute Gasteiger partial charge is 0.253 e. The zero-order valence-electron chi connectivity index (χ0n) is 15.1. The molecule has 7 nitrogen and oxygen atoms in total. The first-order valence-corrected chi connectivity index (χ1v) is 8.72. The van der Waals surface area contributed by atoms with Gasteiger partial charge in [0.1, 0.15) is 0 Å². The average molecular weight is 370 g/mol. The molecule has 0 bridgehead atoms. The summed E-state index contributed by atoms with van der Waals surface area (Å²) in [5.41, 5.74) is 1.90. The lowest BCUT2D eigenvalue weighted by Gasteiger charge is -2.11. The zero-order valence-corrected chi connectivity index (χ0v) is 15.1. The molecule has 0 atom stereocenters. The fourth-order valence-electron chi connectivity index (χ4n) is 2.72. The second kappa shape index (κ2) is 9.05. The molecule has 0 aromatic heterocycles. The van der Waals surface area contributed by atoms with Crippen LogP contribution in [0.4, 0.5) is 5.69 Å². The van der Waals surface area contributed by atoms with Crippen molar-refractivity contribution in [2.24, 2.45) is 0 Å². The Bertz CT molecular complexity index is 822. The first kappa shape index (κ1) is 18.7. The van der Waals surface area contributed by atoms with Crippen molar-refractivity contribution in [3.8, 4) is 11.5 Å². The van der Waals surface area contributed by atoms with Gasteiger partial charge in [-0.2, -0.15) is 0 Å². The zero-order chi connectivity index (χ0) is 19.1. The number of ether oxygens (including phenoxy) is 3. The molecule has 0 saturated carbocycles. The van der Waals surface area contributed by atoms with Crippen LogP contribution in [-0.4, -0.2) is 38.9 Å². The molecular weight excluding hydrogens is 348 g/mol. The number of hydrogen-bond donors (Lipinski definition) is 2. The molecule has 3 rings (SSSR count). The minimum absolute atomic E-state index is 0.162. The van der Waals surface area contributed by atoms with E-state index in [1.807, 2.05) is 18.2 Å². The Morgan fingerprint density at radius 2 is 1.93 bits per heavy atom. The Morgan fingerprint density at radius 1 is 1.11 bits per heavy atom. The van der Waals surface area contributed by atoms with E-state index in [4.69, 9.17) is 14.2 Å². The monoisotopic (exact) mass is 370 g/mol. The maximum absolute atomic E-state index is 12.3. The fourth-order valence-corrected chi connectivity index (χ4v) is 2.72. The van der Waals surface area contributed by atoms with Crippen molar-refractivity contribution in [1.82, 2.24) is 5.32 Å². The van der Waals surface area contributed by atoms with Crippen molar-refractivity contribution < 1.29 is 23.8 Å². The molecule has 1 aliphatic heterocycles. The minimum atomic E-state index is -0.251. The number of aryl methyl sites for hydroxylation is 1. The molecule has 142 valence electrons. The molecule has 0 spiro atoms. The van der Waals surface area contributed by atoms with Crippen molar-refractivity contribution in [3.63, 3.8) is 0 Å². The summed E-state index contributed by atoms with van der Waals surface area (Å²) in [5.74, 6) is 1.01. The van der Waals surface area contributed by atoms with Gasteiger partial charge in [-0.25, -0.2) is 0 Å². The number of fused-ring (bicyclic) bond motifs is 1. The van der Waals surface area contributed by atoms with Gasteiger partial charge in [0, 0.05) is 20.1 Å². The number of para-hydroxylation sites is 1. The number of carbonyl (C=O) groups is 2. The van der Waals surface area contributed by atoms with Crippen LogP contribution in [0.3, 0.4) is 0 Å². The minimum Gasteiger partial charge on any atom is -0.454 e. The van der Waals surface area contributed by atoms with Gasteiger partial charge in [-0.05, 0) is 36.2 Å². The van der Waals surface area contributed by atoms with Crippen LogP contribution in [0.2, 0.25) is 0 Å². The number of amides is 2. The van der Waals surface area contributed by atoms with Gasteiger partial charge >= 0.3 is 0 Å². The van der Waals surface area contributed by atoms with Gasteiger partial charge in [0.15, 0.2) is 11.5 Å². The normalized spacial score (nSPS) is 11.9. The summed E-state index contributed by atoms with van der Waals surface area (Å²) in [5, 5.41) is 5.57. The van der Waals surface area contributed by atoms with E-state index >= 15 is 0 Å². The van der Waals surface area contributed by atoms with Gasteiger partial charge in [0.2, 0.25) is 12.7 Å². The Labute approximate surface area is 157 Å². The SMILES string of the molecule is COCCNC(=O)c1ccccc1NC(=O)CCc1ccc2c(c1)OCO2. The maximum Gasteiger partial charge on any atom is 0.253 e. The van der Waals surface area contributed by atoms with E-state index in [2.05, 4.69) is 10.6 Å². The van der Waals surface area contributed by atoms with Crippen LogP contribution in [0.15, 0.2) is 42.5 Å². The summed E-state index contributed by atoms with van der Waals surface area (Å²) >= 11 is 0. The van der Waals surface area contributed by atoms with E-state index in [1.54, 1.807) is 31.4 Å². The van der Waals surface area contributed by atoms with Crippen LogP contribution in [0.1, 0.15) is 22.3 Å². The van der Waals surface area contributed by atoms with Crippen molar-refractivity contribution in [3.05, 3.63) is 53.6 Å². The molecule has 2 amide bonds. The van der Waals surface area contributed by atoms with E-state index in [9.17, 15) is 9.59 Å². The predicted molar refractivity (Wildman–Crippen MR) is 100 cm³/mol. The highest BCUT2D eigenvalue weighted by molar-refractivity contribution is 6.03. The van der Waals surface area contributed by atoms with Crippen molar-refractivity contribution in [1.29, 1.82) is 0 Å². The lowest BCUT2D eigenvalue weighted by molar-refractivity contribution is -0.116. The van der Waals surface area contributed by atoms with E-state index in [0.717, 1.165) is 11.3 Å². The van der Waals surface area contributed by atoms with Gasteiger partial charge in [-0.1, -0.05) is 18.2 Å². The Hall–Kier alpha value is -3.06. The predicted octanol–water partition coefficient (Wildman–Crippen LogP) is 2.36. The quantitative estimate of drug-likeness (QED) is 0.697. The molecular formula is C20H22N2O5. The van der Waals surface area contributed by atoms with E-state index in [0.29, 0.717) is 43.0 Å². The molecule has 1 aliphatic rings. The van der Waals surface area contributed by atoms with Crippen molar-refractivity contribution in [2.45, 2.75) is 12.8 Å². The first-order chi connectivity index (χ1) is 13.2. The third-order valence-corrected chi connectivity index (χ3v) is 4.12. The summed E-state index contributed by atoms with van der Waals surface area (Å²) in [4.78, 5) is 24.6. The molecule has 2 N–H and O–H groups in total. The van der Waals surface area contributed by atoms with Gasteiger partial charge < -0.3 is 24.8 Å². The third kappa shape index (κ3) is 4.98. The lowest BCUT2D eigenvalue weighted by Crippen LogP contribution is -2.28. The topological polar surface area (TPSA) is 85.9 Å². The summed E-state index contributed by atoms with van der Waals surface area (Å²) in [6, 6.07) is 12.6. The van der Waals surface area contributed by atoms with Crippen molar-refractivity contribution in [2.75, 3.05) is 32.4 Å². The number of anilines is 1. The first-order valence-electron chi connectivity index (χ1n) is 8.72. The largest absolute Gasteiger partial charge is 0.454 e. The molecule has 0 unspecified atom stereocenters. The third-order valence-electron chi connectivity index (χ3n) is 4.12. The van der Waals surface area contributed by atoms with Crippen molar-refractivity contribution >= 4 is 17.5 Å². The average Bonchev–Trinajstić information content (AvgIpc) is 3.15. The van der Waals surface area contributed by atoms with Gasteiger partial charge in [0.05, 0.1) is 17.9 Å². The molecule has 0 aliphatic carbocycles. The molecule has 2 aromatic rings. The number of carbonyl (C=O) groups excluding carboxylic acids is 2. The Morgan fingerprint density at radius 3 is 2.78 bits per heavy atom. The maximum atomic E-state index is 12.3.